The summed E-state index contributed by atoms with van der Waals surface area (Å²) in [5, 5.41) is 13.8. The second kappa shape index (κ2) is 8.29. The first kappa shape index (κ1) is 17.7. The molecular formula is C20H21N3O3. The molecule has 26 heavy (non-hydrogen) atoms. The van der Waals surface area contributed by atoms with Gasteiger partial charge in [-0.25, -0.2) is 0 Å². The Morgan fingerprint density at radius 2 is 1.81 bits per heavy atom. The van der Waals surface area contributed by atoms with Crippen molar-refractivity contribution in [1.29, 1.82) is 0 Å². The van der Waals surface area contributed by atoms with Crippen LogP contribution in [0.5, 0.6) is 0 Å². The maximum absolute atomic E-state index is 12.0. The van der Waals surface area contributed by atoms with Gasteiger partial charge in [0.25, 0.3) is 5.69 Å². The quantitative estimate of drug-likeness (QED) is 0.491. The number of nitrogens with one attached hydrogen (secondary N) is 1. The van der Waals surface area contributed by atoms with Crippen LogP contribution in [0.15, 0.2) is 54.6 Å². The second-order valence-corrected chi connectivity index (χ2v) is 6.23. The van der Waals surface area contributed by atoms with E-state index in [1.807, 2.05) is 12.1 Å². The van der Waals surface area contributed by atoms with E-state index in [9.17, 15) is 14.9 Å². The van der Waals surface area contributed by atoms with Crippen molar-refractivity contribution in [3.05, 3.63) is 75.8 Å². The molecule has 0 saturated carbocycles. The first-order valence-electron chi connectivity index (χ1n) is 8.67. The Hall–Kier alpha value is -3.15. The fourth-order valence-corrected chi connectivity index (χ4v) is 3.01. The molecule has 134 valence electrons. The van der Waals surface area contributed by atoms with Gasteiger partial charge in [0.1, 0.15) is 0 Å². The summed E-state index contributed by atoms with van der Waals surface area (Å²) in [6.45, 7) is 2.62. The van der Waals surface area contributed by atoms with E-state index in [1.165, 1.54) is 36.7 Å². The average molecular weight is 351 g/mol. The molecule has 0 unspecified atom stereocenters. The van der Waals surface area contributed by atoms with Gasteiger partial charge < -0.3 is 10.2 Å². The molecule has 0 atom stereocenters. The smallest absolute Gasteiger partial charge is 0.276 e. The minimum Gasteiger partial charge on any atom is -0.372 e. The Bertz CT molecular complexity index is 809. The number of nitro groups is 1. The van der Waals surface area contributed by atoms with Gasteiger partial charge in [-0.1, -0.05) is 24.3 Å². The second-order valence-electron chi connectivity index (χ2n) is 6.23. The third-order valence-electron chi connectivity index (χ3n) is 4.42. The number of nitro benzene ring substituents is 1. The van der Waals surface area contributed by atoms with E-state index in [-0.39, 0.29) is 11.6 Å². The summed E-state index contributed by atoms with van der Waals surface area (Å²) in [4.78, 5) is 24.8. The number of carbonyl (C=O) groups excluding carboxylic acids is 1. The van der Waals surface area contributed by atoms with E-state index in [4.69, 9.17) is 0 Å². The van der Waals surface area contributed by atoms with Crippen LogP contribution < -0.4 is 10.2 Å². The topological polar surface area (TPSA) is 75.5 Å². The van der Waals surface area contributed by atoms with Crippen molar-refractivity contribution in [3.8, 4) is 0 Å². The predicted molar refractivity (Wildman–Crippen MR) is 102 cm³/mol. The maximum atomic E-state index is 12.0. The van der Waals surface area contributed by atoms with Gasteiger partial charge in [-0.05, 0) is 42.7 Å². The molecule has 1 heterocycles. The van der Waals surface area contributed by atoms with Crippen LogP contribution in [-0.2, 0) is 11.3 Å². The highest BCUT2D eigenvalue weighted by Crippen LogP contribution is 2.20. The van der Waals surface area contributed by atoms with Crippen LogP contribution in [0.25, 0.3) is 6.08 Å². The summed E-state index contributed by atoms with van der Waals surface area (Å²) in [5.41, 5.74) is 2.62. The van der Waals surface area contributed by atoms with E-state index in [1.54, 1.807) is 18.2 Å². The Balaban J connectivity index is 1.55. The lowest BCUT2D eigenvalue weighted by atomic mass is 10.1. The third-order valence-corrected chi connectivity index (χ3v) is 4.42. The number of para-hydroxylation sites is 1. The maximum Gasteiger partial charge on any atom is 0.276 e. The number of anilines is 1. The first-order chi connectivity index (χ1) is 12.6. The molecule has 0 aromatic heterocycles. The molecule has 1 aliphatic rings. The van der Waals surface area contributed by atoms with Crippen LogP contribution in [0, 0.1) is 10.1 Å². The van der Waals surface area contributed by atoms with Crippen LogP contribution in [0.2, 0.25) is 0 Å². The molecule has 0 aliphatic carbocycles. The largest absolute Gasteiger partial charge is 0.372 e. The van der Waals surface area contributed by atoms with Gasteiger partial charge in [0.05, 0.1) is 10.5 Å². The zero-order valence-electron chi connectivity index (χ0n) is 14.4. The van der Waals surface area contributed by atoms with E-state index < -0.39 is 4.92 Å². The van der Waals surface area contributed by atoms with Crippen molar-refractivity contribution in [2.75, 3.05) is 18.0 Å². The summed E-state index contributed by atoms with van der Waals surface area (Å²) in [6.07, 6.45) is 5.26. The van der Waals surface area contributed by atoms with Gasteiger partial charge in [0, 0.05) is 37.5 Å². The van der Waals surface area contributed by atoms with E-state index in [0.29, 0.717) is 12.1 Å². The molecule has 3 rings (SSSR count). The minimum absolute atomic E-state index is 0.0194. The van der Waals surface area contributed by atoms with Crippen LogP contribution in [0.1, 0.15) is 24.0 Å². The van der Waals surface area contributed by atoms with Gasteiger partial charge in [-0.2, -0.15) is 0 Å². The number of rotatable bonds is 6. The molecule has 1 N–H and O–H groups in total. The zero-order valence-corrected chi connectivity index (χ0v) is 14.4. The molecule has 2 aromatic rings. The third kappa shape index (κ3) is 4.47. The monoisotopic (exact) mass is 351 g/mol. The van der Waals surface area contributed by atoms with Crippen LogP contribution in [0.3, 0.4) is 0 Å². The van der Waals surface area contributed by atoms with Gasteiger partial charge >= 0.3 is 0 Å². The lowest BCUT2D eigenvalue weighted by molar-refractivity contribution is -0.385. The molecule has 1 saturated heterocycles. The van der Waals surface area contributed by atoms with Gasteiger partial charge in [-0.3, -0.25) is 14.9 Å². The summed E-state index contributed by atoms with van der Waals surface area (Å²) >= 11 is 0. The molecule has 0 spiro atoms. The number of amides is 1. The summed E-state index contributed by atoms with van der Waals surface area (Å²) in [6, 6.07) is 14.5. The van der Waals surface area contributed by atoms with Crippen LogP contribution in [-0.4, -0.2) is 23.9 Å². The van der Waals surface area contributed by atoms with Gasteiger partial charge in [0.15, 0.2) is 0 Å². The van der Waals surface area contributed by atoms with Gasteiger partial charge in [-0.15, -0.1) is 0 Å². The Labute approximate surface area is 152 Å². The van der Waals surface area contributed by atoms with Crippen molar-refractivity contribution in [3.63, 3.8) is 0 Å². The minimum atomic E-state index is -0.459. The average Bonchev–Trinajstić information content (AvgIpc) is 3.20. The summed E-state index contributed by atoms with van der Waals surface area (Å²) in [5.74, 6) is -0.285. The lowest BCUT2D eigenvalue weighted by Gasteiger charge is -2.17. The Morgan fingerprint density at radius 1 is 1.12 bits per heavy atom. The normalized spacial score (nSPS) is 13.9. The highest BCUT2D eigenvalue weighted by atomic mass is 16.6. The molecular weight excluding hydrogens is 330 g/mol. The SMILES string of the molecule is O=C(/C=C/c1ccccc1[N+](=O)[O-])NCc1ccc(N2CCCC2)cc1. The van der Waals surface area contributed by atoms with E-state index in [0.717, 1.165) is 18.7 Å². The van der Waals surface area contributed by atoms with Crippen molar-refractivity contribution < 1.29 is 9.72 Å². The lowest BCUT2D eigenvalue weighted by Crippen LogP contribution is -2.20. The Morgan fingerprint density at radius 3 is 2.50 bits per heavy atom. The van der Waals surface area contributed by atoms with E-state index >= 15 is 0 Å². The highest BCUT2D eigenvalue weighted by molar-refractivity contribution is 5.92. The van der Waals surface area contributed by atoms with Crippen LogP contribution >= 0.6 is 0 Å². The van der Waals surface area contributed by atoms with Crippen molar-refractivity contribution in [1.82, 2.24) is 5.32 Å². The Kier molecular flexibility index (Phi) is 5.63. The number of hydrogen-bond acceptors (Lipinski definition) is 4. The van der Waals surface area contributed by atoms with E-state index in [2.05, 4.69) is 22.3 Å². The molecule has 6 nitrogen and oxygen atoms in total. The molecule has 1 aliphatic heterocycles. The number of carbonyl (C=O) groups is 1. The molecule has 0 bridgehead atoms. The fraction of sp³-hybridized carbons (Fsp3) is 0.250. The number of nitrogens with zero attached hydrogens (tertiary/aromatic N) is 2. The molecule has 2 aromatic carbocycles. The molecule has 1 amide bonds. The number of benzene rings is 2. The molecule has 0 radical (unpaired) electrons. The molecule has 1 fully saturated rings. The number of hydrogen-bond donors (Lipinski definition) is 1. The van der Waals surface area contributed by atoms with Gasteiger partial charge in [0.2, 0.25) is 5.91 Å². The fourth-order valence-electron chi connectivity index (χ4n) is 3.01. The summed E-state index contributed by atoms with van der Waals surface area (Å²) in [7, 11) is 0. The summed E-state index contributed by atoms with van der Waals surface area (Å²) < 4.78 is 0. The first-order valence-corrected chi connectivity index (χ1v) is 8.67. The zero-order chi connectivity index (χ0) is 18.4. The van der Waals surface area contributed by atoms with Crippen molar-refractivity contribution in [2.45, 2.75) is 19.4 Å². The van der Waals surface area contributed by atoms with Crippen molar-refractivity contribution in [2.24, 2.45) is 0 Å². The van der Waals surface area contributed by atoms with Crippen molar-refractivity contribution >= 4 is 23.4 Å². The predicted octanol–water partition coefficient (Wildman–Crippen LogP) is 3.52. The standard InChI is InChI=1S/C20H21N3O3/c24-20(12-9-17-5-1-2-6-19(17)23(25)26)21-15-16-7-10-18(11-8-16)22-13-3-4-14-22/h1-2,5-12H,3-4,13-15H2,(H,21,24)/b12-9+. The van der Waals surface area contributed by atoms with Crippen LogP contribution in [0.4, 0.5) is 11.4 Å². The highest BCUT2D eigenvalue weighted by Gasteiger charge is 2.12. The molecule has 6 heteroatoms.